The van der Waals surface area contributed by atoms with Crippen molar-refractivity contribution in [3.05, 3.63) is 64.1 Å². The summed E-state index contributed by atoms with van der Waals surface area (Å²) in [6.45, 7) is 8.93. The highest BCUT2D eigenvalue weighted by atomic mass is 14.9. The largest absolute Gasteiger partial charge is 0.342 e. The zero-order valence-corrected chi connectivity index (χ0v) is 15.4. The predicted molar refractivity (Wildman–Crippen MR) is 103 cm³/mol. The molecule has 0 radical (unpaired) electrons. The molecule has 0 saturated carbocycles. The van der Waals surface area contributed by atoms with Crippen molar-refractivity contribution >= 4 is 0 Å². The molecule has 126 valence electrons. The third kappa shape index (κ3) is 2.13. The molecule has 25 heavy (non-hydrogen) atoms. The van der Waals surface area contributed by atoms with Crippen LogP contribution in [0.4, 0.5) is 0 Å². The van der Waals surface area contributed by atoms with Crippen LogP contribution in [0.1, 0.15) is 73.3 Å². The fourth-order valence-electron chi connectivity index (χ4n) is 4.29. The van der Waals surface area contributed by atoms with Gasteiger partial charge in [-0.05, 0) is 57.9 Å². The lowest BCUT2D eigenvalue weighted by Crippen LogP contribution is -1.93. The van der Waals surface area contributed by atoms with Crippen LogP contribution in [0.5, 0.6) is 0 Å². The third-order valence-electron chi connectivity index (χ3n) is 5.77. The van der Waals surface area contributed by atoms with Crippen LogP contribution in [-0.4, -0.2) is 9.97 Å². The van der Waals surface area contributed by atoms with Gasteiger partial charge in [-0.1, -0.05) is 45.9 Å². The summed E-state index contributed by atoms with van der Waals surface area (Å²) in [7, 11) is 0. The number of benzene rings is 2. The van der Waals surface area contributed by atoms with Gasteiger partial charge in [0.2, 0.25) is 0 Å². The number of aromatic nitrogens is 2. The average molecular weight is 328 g/mol. The molecule has 0 bridgehead atoms. The second-order valence-electron chi connectivity index (χ2n) is 8.19. The molecule has 2 aliphatic rings. The summed E-state index contributed by atoms with van der Waals surface area (Å²) in [5.41, 5.74) is 12.5. The van der Waals surface area contributed by atoms with E-state index in [1.165, 1.54) is 50.3 Å². The van der Waals surface area contributed by atoms with Gasteiger partial charge in [0.05, 0.1) is 11.4 Å². The van der Waals surface area contributed by atoms with Gasteiger partial charge in [-0.15, -0.1) is 0 Å². The number of hydrogen-bond donors (Lipinski definition) is 1. The molecule has 5 rings (SSSR count). The lowest BCUT2D eigenvalue weighted by Gasteiger charge is -2.09. The van der Waals surface area contributed by atoms with Gasteiger partial charge in [-0.3, -0.25) is 0 Å². The summed E-state index contributed by atoms with van der Waals surface area (Å²) in [5, 5.41) is 0. The van der Waals surface area contributed by atoms with Gasteiger partial charge in [0.15, 0.2) is 0 Å². The summed E-state index contributed by atoms with van der Waals surface area (Å²) >= 11 is 0. The Hall–Kier alpha value is -2.35. The molecule has 0 spiro atoms. The number of nitrogens with one attached hydrogen (secondary N) is 1. The van der Waals surface area contributed by atoms with Crippen LogP contribution in [0.3, 0.4) is 0 Å². The topological polar surface area (TPSA) is 28.7 Å². The third-order valence-corrected chi connectivity index (χ3v) is 5.77. The number of H-pyrrole nitrogens is 1. The van der Waals surface area contributed by atoms with Gasteiger partial charge in [-0.2, -0.15) is 0 Å². The first-order chi connectivity index (χ1) is 12.0. The molecule has 0 aliphatic heterocycles. The average Bonchev–Trinajstić information content (AvgIpc) is 3.22. The quantitative estimate of drug-likeness (QED) is 0.436. The monoisotopic (exact) mass is 328 g/mol. The molecule has 1 N–H and O–H groups in total. The van der Waals surface area contributed by atoms with Crippen molar-refractivity contribution in [1.29, 1.82) is 0 Å². The first-order valence-electron chi connectivity index (χ1n) is 9.39. The molecule has 2 aliphatic carbocycles. The van der Waals surface area contributed by atoms with Crippen LogP contribution >= 0.6 is 0 Å². The Morgan fingerprint density at radius 1 is 0.800 bits per heavy atom. The Labute approximate surface area is 149 Å². The number of nitrogens with zero attached hydrogens (tertiary/aromatic N) is 1. The van der Waals surface area contributed by atoms with Crippen LogP contribution in [0.15, 0.2) is 30.3 Å². The summed E-state index contributed by atoms with van der Waals surface area (Å²) in [6, 6.07) is 11.9. The number of fused-ring (bicyclic) bond motifs is 6. The second-order valence-corrected chi connectivity index (χ2v) is 8.19. The second kappa shape index (κ2) is 5.08. The van der Waals surface area contributed by atoms with Crippen LogP contribution in [0, 0.1) is 0 Å². The Kier molecular flexibility index (Phi) is 3.03. The minimum atomic E-state index is 0.446. The van der Waals surface area contributed by atoms with Crippen LogP contribution in [0.2, 0.25) is 0 Å². The van der Waals surface area contributed by atoms with Crippen molar-refractivity contribution < 1.29 is 0 Å². The highest BCUT2D eigenvalue weighted by Gasteiger charge is 2.28. The summed E-state index contributed by atoms with van der Waals surface area (Å²) in [4.78, 5) is 8.40. The Morgan fingerprint density at radius 2 is 1.52 bits per heavy atom. The maximum atomic E-state index is 4.83. The lowest BCUT2D eigenvalue weighted by atomic mass is 9.96. The zero-order valence-electron chi connectivity index (χ0n) is 15.4. The molecule has 0 saturated heterocycles. The van der Waals surface area contributed by atoms with E-state index in [1.807, 2.05) is 0 Å². The lowest BCUT2D eigenvalue weighted by molar-refractivity contribution is 0.789. The molecule has 0 fully saturated rings. The minimum Gasteiger partial charge on any atom is -0.342 e. The van der Waals surface area contributed by atoms with Gasteiger partial charge in [0, 0.05) is 17.9 Å². The first-order valence-corrected chi connectivity index (χ1v) is 9.39. The van der Waals surface area contributed by atoms with Crippen molar-refractivity contribution in [1.82, 2.24) is 9.97 Å². The maximum absolute atomic E-state index is 4.83. The van der Waals surface area contributed by atoms with Crippen LogP contribution < -0.4 is 0 Å². The van der Waals surface area contributed by atoms with E-state index in [-0.39, 0.29) is 0 Å². The Bertz CT molecular complexity index is 1010. The zero-order chi connectivity index (χ0) is 17.3. The molecule has 2 nitrogen and oxygen atoms in total. The van der Waals surface area contributed by atoms with Gasteiger partial charge in [0.25, 0.3) is 0 Å². The van der Waals surface area contributed by atoms with Gasteiger partial charge >= 0.3 is 0 Å². The number of aromatic amines is 1. The van der Waals surface area contributed by atoms with E-state index in [0.717, 1.165) is 18.7 Å². The number of imidazole rings is 1. The fraction of sp³-hybridized carbons (Fsp3) is 0.348. The highest BCUT2D eigenvalue weighted by Crippen LogP contribution is 2.44. The van der Waals surface area contributed by atoms with E-state index in [4.69, 9.17) is 4.98 Å². The Morgan fingerprint density at radius 3 is 2.28 bits per heavy atom. The maximum Gasteiger partial charge on any atom is 0.109 e. The van der Waals surface area contributed by atoms with Crippen LogP contribution in [-0.2, 0) is 12.8 Å². The molecule has 2 heteroatoms. The van der Waals surface area contributed by atoms with Gasteiger partial charge < -0.3 is 4.98 Å². The van der Waals surface area contributed by atoms with Crippen molar-refractivity contribution in [3.8, 4) is 22.4 Å². The van der Waals surface area contributed by atoms with E-state index >= 15 is 0 Å². The predicted octanol–water partition coefficient (Wildman–Crippen LogP) is 5.80. The Balaban J connectivity index is 1.60. The molecular weight excluding hydrogens is 304 g/mol. The fourth-order valence-corrected chi connectivity index (χ4v) is 4.29. The van der Waals surface area contributed by atoms with Crippen molar-refractivity contribution in [2.75, 3.05) is 0 Å². The standard InChI is InChI=1S/C23H24N2/c1-12(2)14-5-6-18-15(7-14)8-16-10-20-17(9-19(16)18)11-21-22(20)25-23(24-21)13(3)4/h5-7,9-10,12-13H,8,11H2,1-4H3,(H,24,25). The summed E-state index contributed by atoms with van der Waals surface area (Å²) in [5.74, 6) is 2.14. The van der Waals surface area contributed by atoms with E-state index < -0.39 is 0 Å². The molecule has 1 heterocycles. The van der Waals surface area contributed by atoms with Crippen molar-refractivity contribution in [3.63, 3.8) is 0 Å². The highest BCUT2D eigenvalue weighted by molar-refractivity contribution is 5.84. The molecule has 0 amide bonds. The van der Waals surface area contributed by atoms with Crippen LogP contribution in [0.25, 0.3) is 22.4 Å². The normalized spacial score (nSPS) is 14.0. The molecule has 0 unspecified atom stereocenters. The SMILES string of the molecule is CC(C)c1ccc2c(c1)Cc1cc3c(cc1-2)Cc1nc(C(C)C)[nH]c1-3. The molecule has 0 atom stereocenters. The summed E-state index contributed by atoms with van der Waals surface area (Å²) in [6.07, 6.45) is 2.01. The number of rotatable bonds is 2. The van der Waals surface area contributed by atoms with E-state index in [1.54, 1.807) is 0 Å². The van der Waals surface area contributed by atoms with E-state index in [2.05, 4.69) is 63.0 Å². The number of hydrogen-bond acceptors (Lipinski definition) is 1. The van der Waals surface area contributed by atoms with Gasteiger partial charge in [-0.25, -0.2) is 4.98 Å². The molecule has 2 aromatic carbocycles. The first kappa shape index (κ1) is 14.9. The molecular formula is C23H24N2. The van der Waals surface area contributed by atoms with E-state index in [0.29, 0.717) is 11.8 Å². The van der Waals surface area contributed by atoms with Gasteiger partial charge in [0.1, 0.15) is 5.82 Å². The molecule has 1 aromatic heterocycles. The van der Waals surface area contributed by atoms with Crippen molar-refractivity contribution in [2.45, 2.75) is 52.4 Å². The summed E-state index contributed by atoms with van der Waals surface area (Å²) < 4.78 is 0. The smallest absolute Gasteiger partial charge is 0.109 e. The minimum absolute atomic E-state index is 0.446. The van der Waals surface area contributed by atoms with E-state index in [9.17, 15) is 0 Å². The van der Waals surface area contributed by atoms with Crippen molar-refractivity contribution in [2.24, 2.45) is 0 Å². The molecule has 3 aromatic rings.